The fraction of sp³-hybridized carbons (Fsp3) is 0.733. The minimum Gasteiger partial charge on any atom is -0.373 e. The summed E-state index contributed by atoms with van der Waals surface area (Å²) in [6, 6.07) is 0. The molecule has 1 aliphatic carbocycles. The van der Waals surface area contributed by atoms with Gasteiger partial charge in [0.25, 0.3) is 5.56 Å². The Morgan fingerprint density at radius 1 is 1.48 bits per heavy atom. The van der Waals surface area contributed by atoms with Crippen LogP contribution in [0.1, 0.15) is 46.0 Å². The molecule has 1 heterocycles. The Kier molecular flexibility index (Phi) is 5.43. The molecular formula is C15H25BrN4O. The third-order valence-electron chi connectivity index (χ3n) is 4.79. The van der Waals surface area contributed by atoms with E-state index in [1.807, 2.05) is 0 Å². The average Bonchev–Trinajstić information content (AvgIpc) is 2.46. The molecule has 0 aromatic carbocycles. The number of rotatable bonds is 7. The molecule has 0 atom stereocenters. The summed E-state index contributed by atoms with van der Waals surface area (Å²) in [5.41, 5.74) is 6.21. The van der Waals surface area contributed by atoms with E-state index in [9.17, 15) is 4.79 Å². The highest BCUT2D eigenvalue weighted by Gasteiger charge is 2.27. The Labute approximate surface area is 134 Å². The van der Waals surface area contributed by atoms with Crippen LogP contribution in [0, 0.1) is 5.92 Å². The fourth-order valence-corrected chi connectivity index (χ4v) is 3.02. The van der Waals surface area contributed by atoms with Crippen molar-refractivity contribution < 1.29 is 0 Å². The van der Waals surface area contributed by atoms with Gasteiger partial charge in [-0.25, -0.2) is 4.68 Å². The van der Waals surface area contributed by atoms with Crippen molar-refractivity contribution in [3.05, 3.63) is 21.0 Å². The number of halogens is 1. The summed E-state index contributed by atoms with van der Waals surface area (Å²) in [5.74, 6) is 0.598. The van der Waals surface area contributed by atoms with Gasteiger partial charge in [-0.2, -0.15) is 5.10 Å². The van der Waals surface area contributed by atoms with E-state index in [0.29, 0.717) is 29.2 Å². The summed E-state index contributed by atoms with van der Waals surface area (Å²) in [5, 5.41) is 7.64. The molecule has 6 heteroatoms. The van der Waals surface area contributed by atoms with Gasteiger partial charge in [-0.15, -0.1) is 0 Å². The molecule has 5 nitrogen and oxygen atoms in total. The van der Waals surface area contributed by atoms with E-state index in [0.717, 1.165) is 12.8 Å². The standard InChI is InChI=1S/C15H25BrN4O/c1-3-15(4-2,10-17)19-13-12(16)8-18-20(14(13)21)9-11-6-5-7-11/h8,11,19H,3-7,9-10,17H2,1-2H3. The second kappa shape index (κ2) is 6.92. The lowest BCUT2D eigenvalue weighted by Crippen LogP contribution is -2.46. The van der Waals surface area contributed by atoms with Crippen LogP contribution in [-0.4, -0.2) is 21.9 Å². The lowest BCUT2D eigenvalue weighted by molar-refractivity contribution is 0.261. The van der Waals surface area contributed by atoms with Gasteiger partial charge in [0, 0.05) is 18.6 Å². The summed E-state index contributed by atoms with van der Waals surface area (Å²) >= 11 is 3.44. The monoisotopic (exact) mass is 356 g/mol. The van der Waals surface area contributed by atoms with Crippen molar-refractivity contribution >= 4 is 21.6 Å². The quantitative estimate of drug-likeness (QED) is 0.787. The summed E-state index contributed by atoms with van der Waals surface area (Å²) in [7, 11) is 0. The number of hydrogen-bond donors (Lipinski definition) is 2. The maximum absolute atomic E-state index is 12.7. The fourth-order valence-electron chi connectivity index (χ4n) is 2.66. The molecule has 0 spiro atoms. The Bertz CT molecular complexity index is 527. The topological polar surface area (TPSA) is 72.9 Å². The van der Waals surface area contributed by atoms with Crippen LogP contribution >= 0.6 is 15.9 Å². The molecular weight excluding hydrogens is 332 g/mol. The number of anilines is 1. The van der Waals surface area contributed by atoms with Crippen LogP contribution in [0.25, 0.3) is 0 Å². The zero-order chi connectivity index (χ0) is 15.5. The molecule has 1 aliphatic rings. The highest BCUT2D eigenvalue weighted by atomic mass is 79.9. The Morgan fingerprint density at radius 3 is 2.62 bits per heavy atom. The van der Waals surface area contributed by atoms with Crippen LogP contribution in [0.4, 0.5) is 5.69 Å². The van der Waals surface area contributed by atoms with Crippen molar-refractivity contribution in [1.82, 2.24) is 9.78 Å². The smallest absolute Gasteiger partial charge is 0.291 e. The highest BCUT2D eigenvalue weighted by Crippen LogP contribution is 2.28. The van der Waals surface area contributed by atoms with Gasteiger partial charge in [-0.05, 0) is 47.5 Å². The Balaban J connectivity index is 2.29. The maximum Gasteiger partial charge on any atom is 0.291 e. The Morgan fingerprint density at radius 2 is 2.14 bits per heavy atom. The third kappa shape index (κ3) is 3.48. The van der Waals surface area contributed by atoms with E-state index in [4.69, 9.17) is 5.73 Å². The maximum atomic E-state index is 12.7. The van der Waals surface area contributed by atoms with Crippen LogP contribution in [0.2, 0.25) is 0 Å². The number of nitrogens with zero attached hydrogens (tertiary/aromatic N) is 2. The van der Waals surface area contributed by atoms with Crippen molar-refractivity contribution in [3.63, 3.8) is 0 Å². The van der Waals surface area contributed by atoms with Gasteiger partial charge in [0.15, 0.2) is 0 Å². The van der Waals surface area contributed by atoms with Gasteiger partial charge in [0.2, 0.25) is 0 Å². The van der Waals surface area contributed by atoms with Gasteiger partial charge >= 0.3 is 0 Å². The lowest BCUT2D eigenvalue weighted by Gasteiger charge is -2.33. The molecule has 1 aromatic rings. The summed E-state index contributed by atoms with van der Waals surface area (Å²) in [6.45, 7) is 5.39. The molecule has 21 heavy (non-hydrogen) atoms. The van der Waals surface area contributed by atoms with E-state index < -0.39 is 0 Å². The van der Waals surface area contributed by atoms with E-state index in [2.05, 4.69) is 40.2 Å². The zero-order valence-electron chi connectivity index (χ0n) is 12.9. The van der Waals surface area contributed by atoms with E-state index in [1.165, 1.54) is 19.3 Å². The predicted molar refractivity (Wildman–Crippen MR) is 89.5 cm³/mol. The van der Waals surface area contributed by atoms with Gasteiger partial charge in [0.1, 0.15) is 5.69 Å². The second-order valence-corrected chi connectivity index (χ2v) is 6.82. The molecule has 0 saturated heterocycles. The molecule has 0 aliphatic heterocycles. The van der Waals surface area contributed by atoms with Gasteiger partial charge in [0.05, 0.1) is 10.7 Å². The molecule has 3 N–H and O–H groups in total. The first-order chi connectivity index (χ1) is 10.0. The van der Waals surface area contributed by atoms with E-state index in [-0.39, 0.29) is 11.1 Å². The van der Waals surface area contributed by atoms with Crippen molar-refractivity contribution in [1.29, 1.82) is 0 Å². The first kappa shape index (κ1) is 16.5. The van der Waals surface area contributed by atoms with Crippen molar-refractivity contribution in [2.75, 3.05) is 11.9 Å². The minimum absolute atomic E-state index is 0.0593. The van der Waals surface area contributed by atoms with Gasteiger partial charge in [-0.3, -0.25) is 4.79 Å². The van der Waals surface area contributed by atoms with Crippen LogP contribution < -0.4 is 16.6 Å². The predicted octanol–water partition coefficient (Wildman–Crippen LogP) is 2.74. The van der Waals surface area contributed by atoms with Crippen LogP contribution in [0.3, 0.4) is 0 Å². The van der Waals surface area contributed by atoms with Crippen LogP contribution in [0.5, 0.6) is 0 Å². The highest BCUT2D eigenvalue weighted by molar-refractivity contribution is 9.10. The first-order valence-corrected chi connectivity index (χ1v) is 8.58. The molecule has 0 radical (unpaired) electrons. The van der Waals surface area contributed by atoms with Crippen molar-refractivity contribution in [2.45, 2.75) is 58.0 Å². The lowest BCUT2D eigenvalue weighted by atomic mass is 9.85. The molecule has 0 amide bonds. The molecule has 0 unspecified atom stereocenters. The van der Waals surface area contributed by atoms with Crippen LogP contribution in [0.15, 0.2) is 15.5 Å². The third-order valence-corrected chi connectivity index (χ3v) is 5.39. The van der Waals surface area contributed by atoms with Gasteiger partial charge < -0.3 is 11.1 Å². The molecule has 1 aromatic heterocycles. The minimum atomic E-state index is -0.239. The number of hydrogen-bond acceptors (Lipinski definition) is 4. The number of nitrogens with one attached hydrogen (secondary N) is 1. The van der Waals surface area contributed by atoms with Gasteiger partial charge in [-0.1, -0.05) is 20.3 Å². The van der Waals surface area contributed by atoms with Crippen molar-refractivity contribution in [3.8, 4) is 0 Å². The summed E-state index contributed by atoms with van der Waals surface area (Å²) < 4.78 is 2.29. The molecule has 1 saturated carbocycles. The molecule has 0 bridgehead atoms. The molecule has 118 valence electrons. The normalized spacial score (nSPS) is 15.8. The van der Waals surface area contributed by atoms with Crippen molar-refractivity contribution in [2.24, 2.45) is 11.7 Å². The molecule has 1 fully saturated rings. The van der Waals surface area contributed by atoms with Crippen LogP contribution in [-0.2, 0) is 6.54 Å². The first-order valence-electron chi connectivity index (χ1n) is 7.79. The largest absolute Gasteiger partial charge is 0.373 e. The summed E-state index contributed by atoms with van der Waals surface area (Å²) in [6.07, 6.45) is 7.11. The average molecular weight is 357 g/mol. The number of nitrogens with two attached hydrogens (primary N) is 1. The SMILES string of the molecule is CCC(CC)(CN)Nc1c(Br)cnn(CC2CCC2)c1=O. The summed E-state index contributed by atoms with van der Waals surface area (Å²) in [4.78, 5) is 12.7. The second-order valence-electron chi connectivity index (χ2n) is 5.97. The van der Waals surface area contributed by atoms with E-state index in [1.54, 1.807) is 10.9 Å². The van der Waals surface area contributed by atoms with E-state index >= 15 is 0 Å². The molecule has 2 rings (SSSR count). The zero-order valence-corrected chi connectivity index (χ0v) is 14.4. The number of aromatic nitrogens is 2. The Hall–Kier alpha value is -0.880.